The number of nitrogens with zero attached hydrogens (tertiary/aromatic N) is 3. The third-order valence-electron chi connectivity index (χ3n) is 2.97. The maximum Gasteiger partial charge on any atom is 0.0460 e. The standard InChI is InChI=1S/C9H17N3/c1-8(2)4-6-9(3,7-5-8)11-12-10/h4-7H2,1-3H3. The van der Waals surface area contributed by atoms with Crippen LogP contribution in [0.15, 0.2) is 5.11 Å². The quantitative estimate of drug-likeness (QED) is 0.325. The van der Waals surface area contributed by atoms with E-state index in [1.54, 1.807) is 0 Å². The van der Waals surface area contributed by atoms with Gasteiger partial charge in [-0.05, 0) is 36.6 Å². The van der Waals surface area contributed by atoms with Gasteiger partial charge in [0.25, 0.3) is 0 Å². The van der Waals surface area contributed by atoms with Crippen molar-refractivity contribution in [2.24, 2.45) is 10.5 Å². The summed E-state index contributed by atoms with van der Waals surface area (Å²) in [7, 11) is 0. The largest absolute Gasteiger partial charge is 0.0876 e. The van der Waals surface area contributed by atoms with Crippen LogP contribution in [0.5, 0.6) is 0 Å². The van der Waals surface area contributed by atoms with Crippen molar-refractivity contribution in [2.75, 3.05) is 0 Å². The highest BCUT2D eigenvalue weighted by molar-refractivity contribution is 4.91. The lowest BCUT2D eigenvalue weighted by atomic mass is 9.70. The molecule has 1 rings (SSSR count). The minimum absolute atomic E-state index is 0.107. The molecule has 0 heterocycles. The first-order valence-electron chi connectivity index (χ1n) is 4.54. The molecule has 3 nitrogen and oxygen atoms in total. The first kappa shape index (κ1) is 9.40. The van der Waals surface area contributed by atoms with Crippen LogP contribution >= 0.6 is 0 Å². The van der Waals surface area contributed by atoms with Crippen LogP contribution < -0.4 is 0 Å². The molecule has 0 aromatic rings. The molecule has 0 aliphatic heterocycles. The summed E-state index contributed by atoms with van der Waals surface area (Å²) in [6.45, 7) is 6.62. The molecular weight excluding hydrogens is 150 g/mol. The summed E-state index contributed by atoms with van der Waals surface area (Å²) >= 11 is 0. The highest BCUT2D eigenvalue weighted by atomic mass is 15.2. The Kier molecular flexibility index (Phi) is 2.34. The number of hydrogen-bond acceptors (Lipinski definition) is 1. The van der Waals surface area contributed by atoms with Crippen LogP contribution in [0.2, 0.25) is 0 Å². The van der Waals surface area contributed by atoms with E-state index in [1.807, 2.05) is 0 Å². The summed E-state index contributed by atoms with van der Waals surface area (Å²) in [5.41, 5.74) is 8.71. The van der Waals surface area contributed by atoms with Gasteiger partial charge < -0.3 is 0 Å². The van der Waals surface area contributed by atoms with Gasteiger partial charge in [-0.15, -0.1) is 0 Å². The minimum Gasteiger partial charge on any atom is -0.0876 e. The average Bonchev–Trinajstić information content (AvgIpc) is 1.98. The van der Waals surface area contributed by atoms with Gasteiger partial charge in [-0.25, -0.2) is 0 Å². The molecule has 68 valence electrons. The second-order valence-corrected chi connectivity index (χ2v) is 4.85. The van der Waals surface area contributed by atoms with Crippen LogP contribution in [0.1, 0.15) is 46.5 Å². The van der Waals surface area contributed by atoms with E-state index in [2.05, 4.69) is 30.8 Å². The third kappa shape index (κ3) is 2.15. The van der Waals surface area contributed by atoms with Crippen molar-refractivity contribution >= 4 is 0 Å². The fourth-order valence-corrected chi connectivity index (χ4v) is 1.67. The lowest BCUT2D eigenvalue weighted by Gasteiger charge is -2.38. The van der Waals surface area contributed by atoms with Crippen LogP contribution in [-0.4, -0.2) is 5.54 Å². The normalized spacial score (nSPS) is 25.9. The summed E-state index contributed by atoms with van der Waals surface area (Å²) in [6, 6.07) is 0. The van der Waals surface area contributed by atoms with Crippen LogP contribution in [-0.2, 0) is 0 Å². The molecule has 0 spiro atoms. The van der Waals surface area contributed by atoms with Crippen molar-refractivity contribution in [3.63, 3.8) is 0 Å². The van der Waals surface area contributed by atoms with Gasteiger partial charge in [0.15, 0.2) is 0 Å². The molecule has 0 amide bonds. The Balaban J connectivity index is 2.61. The molecule has 0 aromatic heterocycles. The third-order valence-corrected chi connectivity index (χ3v) is 2.97. The Hall–Kier alpha value is -0.690. The zero-order valence-electron chi connectivity index (χ0n) is 8.17. The summed E-state index contributed by atoms with van der Waals surface area (Å²) < 4.78 is 0. The fourth-order valence-electron chi connectivity index (χ4n) is 1.67. The van der Waals surface area contributed by atoms with Gasteiger partial charge in [-0.2, -0.15) is 0 Å². The van der Waals surface area contributed by atoms with Crippen molar-refractivity contribution in [2.45, 2.75) is 52.0 Å². The predicted molar refractivity (Wildman–Crippen MR) is 49.8 cm³/mol. The summed E-state index contributed by atoms with van der Waals surface area (Å²) in [5, 5.41) is 3.86. The SMILES string of the molecule is CC1(C)CCC(C)(N=[N+]=[N-])CC1. The molecule has 0 saturated heterocycles. The first-order valence-corrected chi connectivity index (χ1v) is 4.54. The van der Waals surface area contributed by atoms with Crippen LogP contribution in [0.3, 0.4) is 0 Å². The van der Waals surface area contributed by atoms with Crippen molar-refractivity contribution in [3.8, 4) is 0 Å². The van der Waals surface area contributed by atoms with Crippen LogP contribution in [0, 0.1) is 5.41 Å². The number of azide groups is 1. The monoisotopic (exact) mass is 167 g/mol. The fraction of sp³-hybridized carbons (Fsp3) is 1.00. The Bertz CT molecular complexity index is 204. The maximum atomic E-state index is 8.37. The van der Waals surface area contributed by atoms with Crippen molar-refractivity contribution in [1.82, 2.24) is 0 Å². The van der Waals surface area contributed by atoms with E-state index in [-0.39, 0.29) is 5.54 Å². The first-order chi connectivity index (χ1) is 5.47. The van der Waals surface area contributed by atoms with E-state index in [9.17, 15) is 0 Å². The molecule has 0 aromatic carbocycles. The van der Waals surface area contributed by atoms with Gasteiger partial charge in [-0.1, -0.05) is 25.9 Å². The molecule has 0 N–H and O–H groups in total. The van der Waals surface area contributed by atoms with Crippen molar-refractivity contribution in [1.29, 1.82) is 0 Å². The van der Waals surface area contributed by atoms with Crippen LogP contribution in [0.4, 0.5) is 0 Å². The Morgan fingerprint density at radius 2 is 1.58 bits per heavy atom. The Morgan fingerprint density at radius 1 is 1.08 bits per heavy atom. The predicted octanol–water partition coefficient (Wildman–Crippen LogP) is 3.66. The molecule has 0 unspecified atom stereocenters. The van der Waals surface area contributed by atoms with Crippen molar-refractivity contribution < 1.29 is 0 Å². The molecule has 1 saturated carbocycles. The number of rotatable bonds is 1. The molecular formula is C9H17N3. The highest BCUT2D eigenvalue weighted by Gasteiger charge is 2.33. The maximum absolute atomic E-state index is 8.37. The van der Waals surface area contributed by atoms with E-state index in [4.69, 9.17) is 5.53 Å². The molecule has 12 heavy (non-hydrogen) atoms. The molecule has 3 heteroatoms. The molecule has 1 fully saturated rings. The second-order valence-electron chi connectivity index (χ2n) is 4.85. The number of hydrogen-bond donors (Lipinski definition) is 0. The highest BCUT2D eigenvalue weighted by Crippen LogP contribution is 2.41. The summed E-state index contributed by atoms with van der Waals surface area (Å²) in [4.78, 5) is 2.90. The van der Waals surface area contributed by atoms with E-state index >= 15 is 0 Å². The molecule has 0 radical (unpaired) electrons. The minimum atomic E-state index is -0.107. The lowest BCUT2D eigenvalue weighted by Crippen LogP contribution is -2.32. The molecule has 0 bridgehead atoms. The van der Waals surface area contributed by atoms with E-state index < -0.39 is 0 Å². The molecule has 1 aliphatic carbocycles. The van der Waals surface area contributed by atoms with Gasteiger partial charge in [0.1, 0.15) is 0 Å². The zero-order chi connectivity index (χ0) is 9.24. The van der Waals surface area contributed by atoms with Gasteiger partial charge in [0.05, 0.1) is 0 Å². The van der Waals surface area contributed by atoms with Crippen LogP contribution in [0.25, 0.3) is 10.4 Å². The topological polar surface area (TPSA) is 48.8 Å². The van der Waals surface area contributed by atoms with Gasteiger partial charge >= 0.3 is 0 Å². The smallest absolute Gasteiger partial charge is 0.0460 e. The van der Waals surface area contributed by atoms with E-state index in [0.29, 0.717) is 5.41 Å². The Morgan fingerprint density at radius 3 is 2.00 bits per heavy atom. The average molecular weight is 167 g/mol. The molecule has 1 aliphatic rings. The van der Waals surface area contributed by atoms with Crippen molar-refractivity contribution in [3.05, 3.63) is 10.4 Å². The summed E-state index contributed by atoms with van der Waals surface area (Å²) in [6.07, 6.45) is 4.40. The lowest BCUT2D eigenvalue weighted by molar-refractivity contribution is 0.177. The van der Waals surface area contributed by atoms with Gasteiger partial charge in [-0.3, -0.25) is 0 Å². The summed E-state index contributed by atoms with van der Waals surface area (Å²) in [5.74, 6) is 0. The zero-order valence-corrected chi connectivity index (χ0v) is 8.17. The second kappa shape index (κ2) is 2.98. The van der Waals surface area contributed by atoms with Gasteiger partial charge in [0, 0.05) is 10.5 Å². The Labute approximate surface area is 73.8 Å². The molecule has 0 atom stereocenters. The van der Waals surface area contributed by atoms with E-state index in [1.165, 1.54) is 12.8 Å². The van der Waals surface area contributed by atoms with E-state index in [0.717, 1.165) is 12.8 Å². The van der Waals surface area contributed by atoms with Gasteiger partial charge in [0.2, 0.25) is 0 Å².